The van der Waals surface area contributed by atoms with E-state index in [9.17, 15) is 9.90 Å². The van der Waals surface area contributed by atoms with Crippen LogP contribution >= 0.6 is 0 Å². The predicted octanol–water partition coefficient (Wildman–Crippen LogP) is 3.39. The van der Waals surface area contributed by atoms with Crippen LogP contribution in [0.2, 0.25) is 0 Å². The number of phenolic OH excluding ortho intramolecular Hbond substituents is 1. The van der Waals surface area contributed by atoms with Crippen molar-refractivity contribution < 1.29 is 14.6 Å². The quantitative estimate of drug-likeness (QED) is 0.827. The second-order valence-electron chi connectivity index (χ2n) is 5.47. The van der Waals surface area contributed by atoms with Crippen LogP contribution in [0.5, 0.6) is 5.75 Å². The van der Waals surface area contributed by atoms with Crippen molar-refractivity contribution in [1.82, 2.24) is 0 Å². The van der Waals surface area contributed by atoms with Crippen molar-refractivity contribution in [3.05, 3.63) is 29.3 Å². The Balaban J connectivity index is 2.08. The minimum absolute atomic E-state index is 0.0743. The lowest BCUT2D eigenvalue weighted by Gasteiger charge is -2.19. The monoisotopic (exact) mass is 262 g/mol. The molecule has 2 rings (SSSR count). The molecular formula is C16H22O3. The van der Waals surface area contributed by atoms with Gasteiger partial charge in [-0.15, -0.1) is 0 Å². The Morgan fingerprint density at radius 2 is 2.26 bits per heavy atom. The number of aromatic hydroxyl groups is 1. The molecule has 1 N–H and O–H groups in total. The summed E-state index contributed by atoms with van der Waals surface area (Å²) >= 11 is 0. The van der Waals surface area contributed by atoms with Crippen molar-refractivity contribution >= 4 is 5.97 Å². The summed E-state index contributed by atoms with van der Waals surface area (Å²) in [7, 11) is 1.45. The van der Waals surface area contributed by atoms with Crippen molar-refractivity contribution in [3.8, 4) is 5.75 Å². The van der Waals surface area contributed by atoms with Gasteiger partial charge in [0.05, 0.1) is 13.0 Å². The molecule has 19 heavy (non-hydrogen) atoms. The fourth-order valence-electron chi connectivity index (χ4n) is 3.00. The first-order chi connectivity index (χ1) is 9.08. The van der Waals surface area contributed by atoms with Gasteiger partial charge in [0.1, 0.15) is 5.75 Å². The number of ether oxygens (including phenoxy) is 1. The van der Waals surface area contributed by atoms with Crippen LogP contribution in [0, 0.1) is 18.8 Å². The van der Waals surface area contributed by atoms with E-state index >= 15 is 0 Å². The van der Waals surface area contributed by atoms with Crippen LogP contribution in [0.1, 0.15) is 43.2 Å². The van der Waals surface area contributed by atoms with E-state index in [0.717, 1.165) is 30.4 Å². The summed E-state index contributed by atoms with van der Waals surface area (Å²) in [6, 6.07) is 5.65. The lowest BCUT2D eigenvalue weighted by atomic mass is 9.87. The number of methoxy groups -OCH3 is 1. The van der Waals surface area contributed by atoms with E-state index in [2.05, 4.69) is 6.92 Å². The zero-order chi connectivity index (χ0) is 14.0. The third-order valence-corrected chi connectivity index (χ3v) is 4.22. The zero-order valence-electron chi connectivity index (χ0n) is 11.8. The molecule has 0 spiro atoms. The smallest absolute Gasteiger partial charge is 0.308 e. The third-order valence-electron chi connectivity index (χ3n) is 4.22. The molecule has 0 bridgehead atoms. The highest BCUT2D eigenvalue weighted by Gasteiger charge is 2.44. The standard InChI is InChI=1S/C16H22O3/c1-4-11(8-12-9-13(12)16(18)19-3)15-10(2)6-5-7-14(15)17/h5-7,11-13,17H,4,8-9H2,1-3H3. The molecule has 3 unspecified atom stereocenters. The summed E-state index contributed by atoms with van der Waals surface area (Å²) in [5, 5.41) is 10.1. The lowest BCUT2D eigenvalue weighted by Crippen LogP contribution is -2.07. The molecule has 0 heterocycles. The van der Waals surface area contributed by atoms with Gasteiger partial charge in [-0.2, -0.15) is 0 Å². The maximum absolute atomic E-state index is 11.5. The van der Waals surface area contributed by atoms with Crippen LogP contribution in [0.4, 0.5) is 0 Å². The van der Waals surface area contributed by atoms with Gasteiger partial charge in [-0.1, -0.05) is 19.1 Å². The van der Waals surface area contributed by atoms with Gasteiger partial charge in [0, 0.05) is 0 Å². The number of esters is 1. The third kappa shape index (κ3) is 2.91. The minimum Gasteiger partial charge on any atom is -0.508 e. The van der Waals surface area contributed by atoms with Crippen LogP contribution in [-0.2, 0) is 9.53 Å². The van der Waals surface area contributed by atoms with Crippen LogP contribution in [0.25, 0.3) is 0 Å². The van der Waals surface area contributed by atoms with Crippen LogP contribution < -0.4 is 0 Å². The van der Waals surface area contributed by atoms with E-state index in [1.54, 1.807) is 6.07 Å². The van der Waals surface area contributed by atoms with Gasteiger partial charge < -0.3 is 9.84 Å². The summed E-state index contributed by atoms with van der Waals surface area (Å²) in [6.45, 7) is 4.16. The minimum atomic E-state index is -0.0890. The molecule has 1 aliphatic carbocycles. The Labute approximate surface area is 114 Å². The number of benzene rings is 1. The average Bonchev–Trinajstić information content (AvgIpc) is 3.15. The predicted molar refractivity (Wildman–Crippen MR) is 74.1 cm³/mol. The Morgan fingerprint density at radius 3 is 2.84 bits per heavy atom. The molecule has 3 atom stereocenters. The molecule has 1 fully saturated rings. The Hall–Kier alpha value is -1.51. The Morgan fingerprint density at radius 1 is 1.53 bits per heavy atom. The van der Waals surface area contributed by atoms with E-state index in [4.69, 9.17) is 4.74 Å². The van der Waals surface area contributed by atoms with Gasteiger partial charge in [0.2, 0.25) is 0 Å². The SMILES string of the molecule is CCC(CC1CC1C(=O)OC)c1c(C)cccc1O. The van der Waals surface area contributed by atoms with Crippen LogP contribution in [0.15, 0.2) is 18.2 Å². The highest BCUT2D eigenvalue weighted by molar-refractivity contribution is 5.75. The van der Waals surface area contributed by atoms with Gasteiger partial charge in [0.15, 0.2) is 0 Å². The summed E-state index contributed by atoms with van der Waals surface area (Å²) in [6.07, 6.45) is 2.85. The fourth-order valence-corrected chi connectivity index (χ4v) is 3.00. The molecule has 0 aromatic heterocycles. The van der Waals surface area contributed by atoms with Crippen molar-refractivity contribution in [3.63, 3.8) is 0 Å². The molecular weight excluding hydrogens is 240 g/mol. The van der Waals surface area contributed by atoms with Gasteiger partial charge in [-0.3, -0.25) is 4.79 Å². The molecule has 1 saturated carbocycles. The van der Waals surface area contributed by atoms with Crippen LogP contribution in [0.3, 0.4) is 0 Å². The average molecular weight is 262 g/mol. The number of hydrogen-bond donors (Lipinski definition) is 1. The number of carbonyl (C=O) groups excluding carboxylic acids is 1. The molecule has 0 radical (unpaired) electrons. The highest BCUT2D eigenvalue weighted by atomic mass is 16.5. The molecule has 0 saturated heterocycles. The van der Waals surface area contributed by atoms with Gasteiger partial charge in [-0.25, -0.2) is 0 Å². The first-order valence-corrected chi connectivity index (χ1v) is 6.94. The summed E-state index contributed by atoms with van der Waals surface area (Å²) in [4.78, 5) is 11.5. The van der Waals surface area contributed by atoms with Gasteiger partial charge >= 0.3 is 5.97 Å². The van der Waals surface area contributed by atoms with E-state index < -0.39 is 0 Å². The molecule has 0 amide bonds. The molecule has 1 aromatic carbocycles. The van der Waals surface area contributed by atoms with Gasteiger partial charge in [-0.05, 0) is 55.2 Å². The number of carbonyl (C=O) groups is 1. The Bertz CT molecular complexity index is 447. The maximum atomic E-state index is 11.5. The maximum Gasteiger partial charge on any atom is 0.308 e. The number of hydrogen-bond acceptors (Lipinski definition) is 3. The molecule has 3 heteroatoms. The van der Waals surface area contributed by atoms with Crippen molar-refractivity contribution in [2.24, 2.45) is 11.8 Å². The molecule has 1 aromatic rings. The van der Waals surface area contributed by atoms with E-state index in [1.165, 1.54) is 7.11 Å². The topological polar surface area (TPSA) is 46.5 Å². The number of aryl methyl sites for hydroxylation is 1. The second kappa shape index (κ2) is 5.64. The fraction of sp³-hybridized carbons (Fsp3) is 0.562. The first-order valence-electron chi connectivity index (χ1n) is 6.94. The molecule has 104 valence electrons. The van der Waals surface area contributed by atoms with Crippen LogP contribution in [-0.4, -0.2) is 18.2 Å². The number of rotatable bonds is 5. The summed E-state index contributed by atoms with van der Waals surface area (Å²) in [5.41, 5.74) is 2.17. The van der Waals surface area contributed by atoms with Gasteiger partial charge in [0.25, 0.3) is 0 Å². The van der Waals surface area contributed by atoms with Crippen molar-refractivity contribution in [1.29, 1.82) is 0 Å². The molecule has 1 aliphatic rings. The van der Waals surface area contributed by atoms with E-state index in [-0.39, 0.29) is 11.9 Å². The van der Waals surface area contributed by atoms with Crippen molar-refractivity contribution in [2.45, 2.75) is 39.0 Å². The number of phenols is 1. The Kier molecular flexibility index (Phi) is 4.13. The molecule has 0 aliphatic heterocycles. The van der Waals surface area contributed by atoms with E-state index in [0.29, 0.717) is 17.6 Å². The zero-order valence-corrected chi connectivity index (χ0v) is 11.8. The highest BCUT2D eigenvalue weighted by Crippen LogP contribution is 2.48. The first kappa shape index (κ1) is 13.9. The summed E-state index contributed by atoms with van der Waals surface area (Å²) in [5.74, 6) is 1.10. The molecule has 3 nitrogen and oxygen atoms in total. The largest absolute Gasteiger partial charge is 0.508 e. The second-order valence-corrected chi connectivity index (χ2v) is 5.47. The van der Waals surface area contributed by atoms with Crippen molar-refractivity contribution in [2.75, 3.05) is 7.11 Å². The lowest BCUT2D eigenvalue weighted by molar-refractivity contribution is -0.142. The normalized spacial score (nSPS) is 22.9. The van der Waals surface area contributed by atoms with E-state index in [1.807, 2.05) is 19.1 Å². The summed E-state index contributed by atoms with van der Waals surface area (Å²) < 4.78 is 4.78.